The van der Waals surface area contributed by atoms with Gasteiger partial charge in [-0.05, 0) is 63.9 Å². The lowest BCUT2D eigenvalue weighted by atomic mass is 9.89. The minimum absolute atomic E-state index is 0.0248. The van der Waals surface area contributed by atoms with E-state index < -0.39 is 0 Å². The molecule has 0 aliphatic carbocycles. The number of aryl methyl sites for hydroxylation is 1. The smallest absolute Gasteiger partial charge is 0.255 e. The average molecular weight is 500 g/mol. The summed E-state index contributed by atoms with van der Waals surface area (Å²) in [6, 6.07) is 11.3. The molecule has 3 heterocycles. The molecule has 4 rings (SSSR count). The summed E-state index contributed by atoms with van der Waals surface area (Å²) in [6.07, 6.45) is 1.65. The lowest BCUT2D eigenvalue weighted by Gasteiger charge is -2.36. The molecule has 0 bridgehead atoms. The number of morpholine rings is 1. The fraction of sp³-hybridized carbons (Fsp3) is 0.480. The molecular formula is C25H30BrN3O3. The number of hydrogen-bond donors (Lipinski definition) is 0. The monoisotopic (exact) mass is 499 g/mol. The molecule has 2 amide bonds. The molecule has 0 spiro atoms. The first kappa shape index (κ1) is 22.9. The first-order chi connectivity index (χ1) is 15.3. The van der Waals surface area contributed by atoms with Gasteiger partial charge in [0.2, 0.25) is 0 Å². The van der Waals surface area contributed by atoms with Crippen molar-refractivity contribution in [3.63, 3.8) is 0 Å². The Labute approximate surface area is 198 Å². The van der Waals surface area contributed by atoms with E-state index in [9.17, 15) is 9.59 Å². The molecule has 2 saturated heterocycles. The molecule has 2 fully saturated rings. The van der Waals surface area contributed by atoms with E-state index in [4.69, 9.17) is 9.72 Å². The Balaban J connectivity index is 1.49. The molecule has 1 aromatic carbocycles. The highest BCUT2D eigenvalue weighted by atomic mass is 79.9. The normalized spacial score (nSPS) is 22.1. The molecule has 1 aromatic heterocycles. The van der Waals surface area contributed by atoms with Gasteiger partial charge in [0.1, 0.15) is 0 Å². The lowest BCUT2D eigenvalue weighted by Crippen LogP contribution is -2.48. The largest absolute Gasteiger partial charge is 0.372 e. The molecule has 6 nitrogen and oxygen atoms in total. The number of ether oxygens (including phenoxy) is 1. The van der Waals surface area contributed by atoms with Crippen molar-refractivity contribution in [2.75, 3.05) is 26.2 Å². The van der Waals surface area contributed by atoms with Crippen molar-refractivity contribution in [2.24, 2.45) is 0 Å². The average Bonchev–Trinajstić information content (AvgIpc) is 2.77. The van der Waals surface area contributed by atoms with Crippen LogP contribution in [-0.2, 0) is 4.74 Å². The molecule has 0 radical (unpaired) electrons. The van der Waals surface area contributed by atoms with Gasteiger partial charge in [0, 0.05) is 47.8 Å². The highest BCUT2D eigenvalue weighted by Gasteiger charge is 2.32. The third-order valence-corrected chi connectivity index (χ3v) is 6.73. The molecule has 2 aromatic rings. The van der Waals surface area contributed by atoms with E-state index in [1.807, 2.05) is 67.0 Å². The summed E-state index contributed by atoms with van der Waals surface area (Å²) in [7, 11) is 0. The zero-order chi connectivity index (χ0) is 22.8. The van der Waals surface area contributed by atoms with Gasteiger partial charge in [0.05, 0.1) is 23.5 Å². The Bertz CT molecular complexity index is 994. The van der Waals surface area contributed by atoms with Crippen LogP contribution < -0.4 is 0 Å². The molecule has 7 heteroatoms. The number of halogens is 1. The maximum atomic E-state index is 13.4. The van der Waals surface area contributed by atoms with Gasteiger partial charge < -0.3 is 14.5 Å². The van der Waals surface area contributed by atoms with Crippen molar-refractivity contribution in [1.29, 1.82) is 0 Å². The van der Waals surface area contributed by atoms with Crippen LogP contribution in [0.1, 0.15) is 64.7 Å². The van der Waals surface area contributed by atoms with Crippen molar-refractivity contribution < 1.29 is 14.3 Å². The molecule has 2 aliphatic heterocycles. The molecule has 0 saturated carbocycles. The van der Waals surface area contributed by atoms with Crippen LogP contribution in [-0.4, -0.2) is 65.0 Å². The van der Waals surface area contributed by atoms with Gasteiger partial charge in [0.15, 0.2) is 0 Å². The maximum absolute atomic E-state index is 13.4. The third kappa shape index (κ3) is 5.04. The Kier molecular flexibility index (Phi) is 6.96. The standard InChI is InChI=1S/C25H30BrN3O3/c1-16-7-8-22(25(31)29-14-17(2)32-18(3)15-29)23(27-16)19-9-11-28(12-10-19)24(30)20-5-4-6-21(26)13-20/h4-8,13,17-19H,9-12,14-15H2,1-3H3/t17-,18-/m0/s1. The van der Waals surface area contributed by atoms with Crippen LogP contribution >= 0.6 is 15.9 Å². The molecule has 2 atom stereocenters. The molecule has 2 aliphatic rings. The minimum atomic E-state index is 0.0248. The minimum Gasteiger partial charge on any atom is -0.372 e. The number of pyridine rings is 1. The van der Waals surface area contributed by atoms with Crippen molar-refractivity contribution >= 4 is 27.7 Å². The zero-order valence-electron chi connectivity index (χ0n) is 18.9. The molecule has 0 unspecified atom stereocenters. The summed E-state index contributed by atoms with van der Waals surface area (Å²) in [5.74, 6) is 0.244. The fourth-order valence-corrected chi connectivity index (χ4v) is 5.14. The third-order valence-electron chi connectivity index (χ3n) is 6.24. The molecule has 32 heavy (non-hydrogen) atoms. The zero-order valence-corrected chi connectivity index (χ0v) is 20.5. The summed E-state index contributed by atoms with van der Waals surface area (Å²) >= 11 is 3.44. The fourth-order valence-electron chi connectivity index (χ4n) is 4.74. The van der Waals surface area contributed by atoms with E-state index in [1.54, 1.807) is 0 Å². The molecule has 170 valence electrons. The van der Waals surface area contributed by atoms with Gasteiger partial charge in [-0.25, -0.2) is 0 Å². The molecule has 0 N–H and O–H groups in total. The van der Waals surface area contributed by atoms with E-state index in [1.165, 1.54) is 0 Å². The number of carbonyl (C=O) groups excluding carboxylic acids is 2. The van der Waals surface area contributed by atoms with Gasteiger partial charge >= 0.3 is 0 Å². The van der Waals surface area contributed by atoms with Crippen molar-refractivity contribution in [3.05, 3.63) is 63.4 Å². The van der Waals surface area contributed by atoms with Crippen LogP contribution in [0.4, 0.5) is 0 Å². The lowest BCUT2D eigenvalue weighted by molar-refractivity contribution is -0.0586. The second-order valence-electron chi connectivity index (χ2n) is 8.93. The molecular weight excluding hydrogens is 470 g/mol. The van der Waals surface area contributed by atoms with Gasteiger partial charge in [-0.3, -0.25) is 14.6 Å². The summed E-state index contributed by atoms with van der Waals surface area (Å²) in [5, 5.41) is 0. The number of benzene rings is 1. The SMILES string of the molecule is Cc1ccc(C(=O)N2C[C@H](C)O[C@@H](C)C2)c(C2CCN(C(=O)c3cccc(Br)c3)CC2)n1. The second kappa shape index (κ2) is 9.71. The van der Waals surface area contributed by atoms with Crippen LogP contribution in [0.5, 0.6) is 0 Å². The maximum Gasteiger partial charge on any atom is 0.255 e. The van der Waals surface area contributed by atoms with Crippen LogP contribution in [0, 0.1) is 6.92 Å². The van der Waals surface area contributed by atoms with E-state index in [-0.39, 0.29) is 29.9 Å². The summed E-state index contributed by atoms with van der Waals surface area (Å²) < 4.78 is 6.70. The van der Waals surface area contributed by atoms with Crippen molar-refractivity contribution in [3.8, 4) is 0 Å². The summed E-state index contributed by atoms with van der Waals surface area (Å²) in [5.41, 5.74) is 3.16. The Morgan fingerprint density at radius 2 is 1.69 bits per heavy atom. The van der Waals surface area contributed by atoms with Gasteiger partial charge in [0.25, 0.3) is 11.8 Å². The first-order valence-electron chi connectivity index (χ1n) is 11.3. The summed E-state index contributed by atoms with van der Waals surface area (Å²) in [6.45, 7) is 8.47. The van der Waals surface area contributed by atoms with E-state index in [0.717, 1.165) is 28.7 Å². The number of carbonyl (C=O) groups is 2. The van der Waals surface area contributed by atoms with Crippen LogP contribution in [0.15, 0.2) is 40.9 Å². The van der Waals surface area contributed by atoms with E-state index in [0.29, 0.717) is 37.3 Å². The second-order valence-corrected chi connectivity index (χ2v) is 9.85. The number of nitrogens with zero attached hydrogens (tertiary/aromatic N) is 3. The van der Waals surface area contributed by atoms with E-state index >= 15 is 0 Å². The van der Waals surface area contributed by atoms with Crippen molar-refractivity contribution in [2.45, 2.75) is 51.7 Å². The van der Waals surface area contributed by atoms with Crippen LogP contribution in [0.3, 0.4) is 0 Å². The topological polar surface area (TPSA) is 62.7 Å². The van der Waals surface area contributed by atoms with Crippen molar-refractivity contribution in [1.82, 2.24) is 14.8 Å². The quantitative estimate of drug-likeness (QED) is 0.626. The number of rotatable bonds is 3. The number of amides is 2. The predicted molar refractivity (Wildman–Crippen MR) is 127 cm³/mol. The number of aromatic nitrogens is 1. The number of likely N-dealkylation sites (tertiary alicyclic amines) is 1. The van der Waals surface area contributed by atoms with E-state index in [2.05, 4.69) is 15.9 Å². The highest BCUT2D eigenvalue weighted by Crippen LogP contribution is 2.31. The highest BCUT2D eigenvalue weighted by molar-refractivity contribution is 9.10. The first-order valence-corrected chi connectivity index (χ1v) is 12.1. The Morgan fingerprint density at radius 1 is 1.00 bits per heavy atom. The van der Waals surface area contributed by atoms with Gasteiger partial charge in [-0.15, -0.1) is 0 Å². The van der Waals surface area contributed by atoms with Crippen LogP contribution in [0.25, 0.3) is 0 Å². The summed E-state index contributed by atoms with van der Waals surface area (Å²) in [4.78, 5) is 34.9. The number of piperidine rings is 1. The predicted octanol–water partition coefficient (Wildman–Crippen LogP) is 4.42. The van der Waals surface area contributed by atoms with Gasteiger partial charge in [-0.1, -0.05) is 22.0 Å². The number of hydrogen-bond acceptors (Lipinski definition) is 4. The Morgan fingerprint density at radius 3 is 2.34 bits per heavy atom. The van der Waals surface area contributed by atoms with Crippen LogP contribution in [0.2, 0.25) is 0 Å². The van der Waals surface area contributed by atoms with Gasteiger partial charge in [-0.2, -0.15) is 0 Å². The Hall–Kier alpha value is -2.25.